The highest BCUT2D eigenvalue weighted by Gasteiger charge is 2.24. The Balaban J connectivity index is 1.54. The van der Waals surface area contributed by atoms with Crippen LogP contribution in [0.15, 0.2) is 63.3 Å². The number of halogens is 1. The number of carbonyl (C=O) groups excluding carboxylic acids is 1. The fourth-order valence-electron chi connectivity index (χ4n) is 4.21. The average Bonchev–Trinajstić information content (AvgIpc) is 3.46. The van der Waals surface area contributed by atoms with Crippen LogP contribution in [0.4, 0.5) is 10.1 Å². The second kappa shape index (κ2) is 10.2. The molecule has 38 heavy (non-hydrogen) atoms. The van der Waals surface area contributed by atoms with Gasteiger partial charge in [0.25, 0.3) is 5.56 Å². The minimum absolute atomic E-state index is 0.00925. The van der Waals surface area contributed by atoms with Gasteiger partial charge in [-0.3, -0.25) is 23.3 Å². The summed E-state index contributed by atoms with van der Waals surface area (Å²) in [6.07, 6.45) is 0. The Morgan fingerprint density at radius 1 is 1.05 bits per heavy atom. The Hall–Kier alpha value is -4.39. The second-order valence-electron chi connectivity index (χ2n) is 8.47. The van der Waals surface area contributed by atoms with Crippen molar-refractivity contribution in [2.24, 2.45) is 14.1 Å². The van der Waals surface area contributed by atoms with E-state index >= 15 is 0 Å². The number of benzene rings is 2. The first-order chi connectivity index (χ1) is 18.3. The van der Waals surface area contributed by atoms with Crippen molar-refractivity contribution >= 4 is 40.3 Å². The number of carbonyl (C=O) groups is 1. The van der Waals surface area contributed by atoms with Crippen molar-refractivity contribution < 1.29 is 13.9 Å². The summed E-state index contributed by atoms with van der Waals surface area (Å²) in [5.74, 6) is 0.196. The Kier molecular flexibility index (Phi) is 6.76. The van der Waals surface area contributed by atoms with Gasteiger partial charge in [-0.15, -0.1) is 10.2 Å². The average molecular weight is 538 g/mol. The molecule has 0 atom stereocenters. The molecule has 0 fully saturated rings. The summed E-state index contributed by atoms with van der Waals surface area (Å²) < 4.78 is 24.6. The van der Waals surface area contributed by atoms with Gasteiger partial charge >= 0.3 is 5.69 Å². The lowest BCUT2D eigenvalue weighted by Crippen LogP contribution is -2.37. The van der Waals surface area contributed by atoms with E-state index in [2.05, 4.69) is 15.5 Å². The molecule has 0 aliphatic carbocycles. The van der Waals surface area contributed by atoms with Gasteiger partial charge < -0.3 is 10.1 Å². The van der Waals surface area contributed by atoms with E-state index in [0.29, 0.717) is 34.6 Å². The van der Waals surface area contributed by atoms with Crippen molar-refractivity contribution in [2.45, 2.75) is 18.6 Å². The molecular formula is C25H24FN7O4S. The van der Waals surface area contributed by atoms with Crippen molar-refractivity contribution in [3.63, 3.8) is 0 Å². The molecule has 1 amide bonds. The van der Waals surface area contributed by atoms with Crippen molar-refractivity contribution in [3.8, 4) is 5.75 Å². The molecule has 0 aliphatic rings. The number of aryl methyl sites for hydroxylation is 1. The van der Waals surface area contributed by atoms with Crippen LogP contribution >= 0.6 is 11.8 Å². The zero-order valence-corrected chi connectivity index (χ0v) is 21.7. The quantitative estimate of drug-likeness (QED) is 0.302. The van der Waals surface area contributed by atoms with E-state index in [1.807, 2.05) is 13.0 Å². The molecule has 1 N–H and O–H groups in total. The van der Waals surface area contributed by atoms with Crippen molar-refractivity contribution in [2.75, 3.05) is 17.7 Å². The Bertz CT molecular complexity index is 1790. The van der Waals surface area contributed by atoms with E-state index in [0.717, 1.165) is 21.9 Å². The van der Waals surface area contributed by atoms with Crippen LogP contribution in [-0.4, -0.2) is 46.6 Å². The summed E-state index contributed by atoms with van der Waals surface area (Å²) in [4.78, 5) is 38.8. The van der Waals surface area contributed by atoms with Crippen LogP contribution in [0.25, 0.3) is 16.9 Å². The third-order valence-corrected chi connectivity index (χ3v) is 6.93. The standard InChI is InChI=1S/C25H24FN7O4S/c1-4-37-18-8-6-5-7-17(18)27-19(34)14-38-24-29-28-23-32(13-15-9-11-16(26)12-10-15)20-21(33(23)24)30(2)25(36)31(3)22(20)35/h5-12H,4,13-14H2,1-3H3,(H,27,34). The molecule has 0 radical (unpaired) electrons. The number of rotatable bonds is 8. The van der Waals surface area contributed by atoms with Gasteiger partial charge in [0.2, 0.25) is 11.7 Å². The van der Waals surface area contributed by atoms with Crippen LogP contribution in [0.5, 0.6) is 5.75 Å². The molecular weight excluding hydrogens is 513 g/mol. The Morgan fingerprint density at radius 2 is 1.79 bits per heavy atom. The maximum Gasteiger partial charge on any atom is 0.332 e. The number of amides is 1. The molecule has 196 valence electrons. The van der Waals surface area contributed by atoms with Gasteiger partial charge in [-0.2, -0.15) is 0 Å². The molecule has 0 saturated heterocycles. The summed E-state index contributed by atoms with van der Waals surface area (Å²) in [7, 11) is 2.96. The number of hydrogen-bond acceptors (Lipinski definition) is 7. The lowest BCUT2D eigenvalue weighted by atomic mass is 10.2. The summed E-state index contributed by atoms with van der Waals surface area (Å²) in [6.45, 7) is 2.51. The van der Waals surface area contributed by atoms with Gasteiger partial charge in [-0.25, -0.2) is 13.6 Å². The van der Waals surface area contributed by atoms with Gasteiger partial charge in [0.1, 0.15) is 11.6 Å². The van der Waals surface area contributed by atoms with Gasteiger partial charge in [0, 0.05) is 14.1 Å². The Morgan fingerprint density at radius 3 is 2.53 bits per heavy atom. The van der Waals surface area contributed by atoms with Gasteiger partial charge in [-0.05, 0) is 36.8 Å². The number of nitrogens with one attached hydrogen (secondary N) is 1. The maximum atomic E-state index is 13.5. The number of ether oxygens (including phenoxy) is 1. The van der Waals surface area contributed by atoms with Crippen LogP contribution in [0.3, 0.4) is 0 Å². The topological polar surface area (TPSA) is 117 Å². The number of hydrogen-bond donors (Lipinski definition) is 1. The molecule has 3 aromatic heterocycles. The summed E-state index contributed by atoms with van der Waals surface area (Å²) in [6, 6.07) is 13.0. The number of nitrogens with zero attached hydrogens (tertiary/aromatic N) is 6. The summed E-state index contributed by atoms with van der Waals surface area (Å²) in [5, 5.41) is 11.7. The fraction of sp³-hybridized carbons (Fsp3) is 0.240. The summed E-state index contributed by atoms with van der Waals surface area (Å²) in [5.41, 5.74) is 0.792. The molecule has 0 spiro atoms. The highest BCUT2D eigenvalue weighted by molar-refractivity contribution is 7.99. The van der Waals surface area contributed by atoms with Gasteiger partial charge in [0.15, 0.2) is 16.3 Å². The van der Waals surface area contributed by atoms with Crippen molar-refractivity contribution in [3.05, 3.63) is 80.7 Å². The predicted octanol–water partition coefficient (Wildman–Crippen LogP) is 2.40. The monoisotopic (exact) mass is 537 g/mol. The first-order valence-corrected chi connectivity index (χ1v) is 12.7. The number of thioether (sulfide) groups is 1. The minimum atomic E-state index is -0.516. The highest BCUT2D eigenvalue weighted by Crippen LogP contribution is 2.26. The predicted molar refractivity (Wildman–Crippen MR) is 141 cm³/mol. The highest BCUT2D eigenvalue weighted by atomic mass is 32.2. The molecule has 0 unspecified atom stereocenters. The largest absolute Gasteiger partial charge is 0.492 e. The SMILES string of the molecule is CCOc1ccccc1NC(=O)CSc1nnc2n(Cc3ccc(F)cc3)c3c(=O)n(C)c(=O)n(C)c3n12. The first-order valence-electron chi connectivity index (χ1n) is 11.7. The molecule has 0 saturated carbocycles. The third-order valence-electron chi connectivity index (χ3n) is 6.00. The van der Waals surface area contributed by atoms with E-state index < -0.39 is 11.2 Å². The Labute approximate surface area is 219 Å². The molecule has 11 nitrogen and oxygen atoms in total. The number of imidazole rings is 1. The van der Waals surface area contributed by atoms with Crippen LogP contribution in [0, 0.1) is 5.82 Å². The lowest BCUT2D eigenvalue weighted by molar-refractivity contribution is -0.113. The molecule has 3 heterocycles. The first kappa shape index (κ1) is 25.3. The second-order valence-corrected chi connectivity index (χ2v) is 9.42. The van der Waals surface area contributed by atoms with E-state index in [1.54, 1.807) is 46.3 Å². The van der Waals surface area contributed by atoms with Crippen molar-refractivity contribution in [1.82, 2.24) is 28.3 Å². The van der Waals surface area contributed by atoms with E-state index in [-0.39, 0.29) is 29.5 Å². The molecule has 5 rings (SSSR count). The van der Waals surface area contributed by atoms with E-state index in [9.17, 15) is 18.8 Å². The molecule has 2 aromatic carbocycles. The molecule has 0 bridgehead atoms. The number of anilines is 1. The van der Waals surface area contributed by atoms with Crippen molar-refractivity contribution in [1.29, 1.82) is 0 Å². The lowest BCUT2D eigenvalue weighted by Gasteiger charge is -2.10. The zero-order chi connectivity index (χ0) is 27.0. The van der Waals surface area contributed by atoms with E-state index in [1.165, 1.54) is 23.7 Å². The third kappa shape index (κ3) is 4.45. The van der Waals surface area contributed by atoms with Crippen LogP contribution < -0.4 is 21.3 Å². The molecule has 13 heteroatoms. The summed E-state index contributed by atoms with van der Waals surface area (Å²) >= 11 is 1.11. The van der Waals surface area contributed by atoms with E-state index in [4.69, 9.17) is 4.74 Å². The van der Waals surface area contributed by atoms with Gasteiger partial charge in [0.05, 0.1) is 24.6 Å². The fourth-order valence-corrected chi connectivity index (χ4v) is 4.94. The number of aromatic nitrogens is 6. The van der Waals surface area contributed by atoms with Gasteiger partial charge in [-0.1, -0.05) is 36.0 Å². The maximum absolute atomic E-state index is 13.5. The van der Waals surface area contributed by atoms with Crippen LogP contribution in [0.1, 0.15) is 12.5 Å². The smallest absolute Gasteiger partial charge is 0.332 e. The molecule has 5 aromatic rings. The van der Waals surface area contributed by atoms with Crippen LogP contribution in [-0.2, 0) is 25.4 Å². The zero-order valence-electron chi connectivity index (χ0n) is 20.8. The number of fused-ring (bicyclic) bond motifs is 3. The van der Waals surface area contributed by atoms with Crippen LogP contribution in [0.2, 0.25) is 0 Å². The minimum Gasteiger partial charge on any atom is -0.492 e. The normalized spacial score (nSPS) is 11.4. The number of para-hydroxylation sites is 2. The molecule has 0 aliphatic heterocycles.